The van der Waals surface area contributed by atoms with Crippen LogP contribution in [0.25, 0.3) is 11.4 Å². The maximum absolute atomic E-state index is 12.6. The number of aromatic nitrogens is 3. The number of nitrogens with zero attached hydrogens (tertiary/aromatic N) is 3. The van der Waals surface area contributed by atoms with Crippen molar-refractivity contribution >= 4 is 23.4 Å². The SMILES string of the molecule is COc1ccc(-c2nnc(S[C@@H](C)C(=O)Nc3cc(C)ccc3C)n2N)cc1. The van der Waals surface area contributed by atoms with Gasteiger partial charge in [0.05, 0.1) is 12.4 Å². The van der Waals surface area contributed by atoms with E-state index in [1.54, 1.807) is 7.11 Å². The fourth-order valence-corrected chi connectivity index (χ4v) is 3.38. The van der Waals surface area contributed by atoms with Gasteiger partial charge in [-0.15, -0.1) is 10.2 Å². The fourth-order valence-electron chi connectivity index (χ4n) is 2.61. The normalized spacial score (nSPS) is 11.9. The van der Waals surface area contributed by atoms with Crippen LogP contribution in [-0.2, 0) is 4.79 Å². The second-order valence-electron chi connectivity index (χ2n) is 6.47. The molecule has 28 heavy (non-hydrogen) atoms. The van der Waals surface area contributed by atoms with Gasteiger partial charge in [0.1, 0.15) is 5.75 Å². The Hall–Kier alpha value is -3.00. The Morgan fingerprint density at radius 2 is 1.89 bits per heavy atom. The zero-order chi connectivity index (χ0) is 20.3. The molecule has 2 aromatic carbocycles. The van der Waals surface area contributed by atoms with Crippen molar-refractivity contribution in [1.29, 1.82) is 0 Å². The van der Waals surface area contributed by atoms with Gasteiger partial charge in [0.2, 0.25) is 11.1 Å². The Balaban J connectivity index is 1.71. The maximum atomic E-state index is 12.6. The van der Waals surface area contributed by atoms with Crippen LogP contribution in [0.3, 0.4) is 0 Å². The summed E-state index contributed by atoms with van der Waals surface area (Å²) in [6.45, 7) is 5.77. The number of ether oxygens (including phenoxy) is 1. The number of nitrogen functional groups attached to an aromatic ring is 1. The van der Waals surface area contributed by atoms with Crippen molar-refractivity contribution in [2.24, 2.45) is 0 Å². The standard InChI is InChI=1S/C20H23N5O2S/c1-12-5-6-13(2)17(11-12)22-19(26)14(3)28-20-24-23-18(25(20)21)15-7-9-16(27-4)10-8-15/h5-11,14H,21H2,1-4H3,(H,22,26)/t14-/m0/s1. The molecule has 0 aliphatic rings. The molecule has 1 aromatic heterocycles. The number of aryl methyl sites for hydroxylation is 2. The number of benzene rings is 2. The summed E-state index contributed by atoms with van der Waals surface area (Å²) in [5, 5.41) is 11.3. The molecule has 1 heterocycles. The first-order valence-electron chi connectivity index (χ1n) is 8.78. The van der Waals surface area contributed by atoms with E-state index in [0.29, 0.717) is 11.0 Å². The Morgan fingerprint density at radius 1 is 1.18 bits per heavy atom. The molecule has 1 amide bonds. The van der Waals surface area contributed by atoms with Gasteiger partial charge < -0.3 is 15.9 Å². The Labute approximate surface area is 168 Å². The van der Waals surface area contributed by atoms with Gasteiger partial charge in [-0.25, -0.2) is 4.68 Å². The molecule has 0 saturated carbocycles. The highest BCUT2D eigenvalue weighted by Gasteiger charge is 2.20. The number of anilines is 1. The second-order valence-corrected chi connectivity index (χ2v) is 7.78. The van der Waals surface area contributed by atoms with E-state index in [4.69, 9.17) is 10.6 Å². The average Bonchev–Trinajstić information content (AvgIpc) is 3.05. The molecule has 0 aliphatic heterocycles. The molecule has 146 valence electrons. The van der Waals surface area contributed by atoms with Crippen molar-refractivity contribution in [3.05, 3.63) is 53.6 Å². The highest BCUT2D eigenvalue weighted by atomic mass is 32.2. The molecule has 0 unspecified atom stereocenters. The molecular weight excluding hydrogens is 374 g/mol. The minimum atomic E-state index is -0.393. The summed E-state index contributed by atoms with van der Waals surface area (Å²) in [6, 6.07) is 13.3. The van der Waals surface area contributed by atoms with E-state index in [-0.39, 0.29) is 5.91 Å². The lowest BCUT2D eigenvalue weighted by atomic mass is 10.1. The molecule has 0 saturated heterocycles. The van der Waals surface area contributed by atoms with Crippen LogP contribution in [0.1, 0.15) is 18.1 Å². The molecule has 0 spiro atoms. The number of hydrogen-bond donors (Lipinski definition) is 2. The number of carbonyl (C=O) groups is 1. The third kappa shape index (κ3) is 4.28. The Bertz CT molecular complexity index is 985. The van der Waals surface area contributed by atoms with Gasteiger partial charge >= 0.3 is 0 Å². The van der Waals surface area contributed by atoms with Crippen LogP contribution < -0.4 is 15.9 Å². The maximum Gasteiger partial charge on any atom is 0.237 e. The van der Waals surface area contributed by atoms with Crippen LogP contribution in [0.2, 0.25) is 0 Å². The summed E-state index contributed by atoms with van der Waals surface area (Å²) < 4.78 is 6.56. The van der Waals surface area contributed by atoms with Crippen LogP contribution in [0.5, 0.6) is 5.75 Å². The lowest BCUT2D eigenvalue weighted by molar-refractivity contribution is -0.115. The molecule has 0 fully saturated rings. The van der Waals surface area contributed by atoms with Gasteiger partial charge in [0.15, 0.2) is 5.82 Å². The summed E-state index contributed by atoms with van der Waals surface area (Å²) in [4.78, 5) is 12.6. The first kappa shape index (κ1) is 19.8. The summed E-state index contributed by atoms with van der Waals surface area (Å²) >= 11 is 1.26. The monoisotopic (exact) mass is 397 g/mol. The van der Waals surface area contributed by atoms with Crippen molar-refractivity contribution in [2.75, 3.05) is 18.3 Å². The van der Waals surface area contributed by atoms with Crippen LogP contribution in [0.4, 0.5) is 5.69 Å². The Morgan fingerprint density at radius 3 is 2.57 bits per heavy atom. The van der Waals surface area contributed by atoms with E-state index in [9.17, 15) is 4.79 Å². The summed E-state index contributed by atoms with van der Waals surface area (Å²) in [7, 11) is 1.61. The van der Waals surface area contributed by atoms with E-state index in [1.807, 2.05) is 63.2 Å². The molecule has 1 atom stereocenters. The van der Waals surface area contributed by atoms with Crippen LogP contribution in [0, 0.1) is 13.8 Å². The van der Waals surface area contributed by atoms with Crippen LogP contribution >= 0.6 is 11.8 Å². The number of thioether (sulfide) groups is 1. The predicted octanol–water partition coefficient (Wildman–Crippen LogP) is 3.40. The van der Waals surface area contributed by atoms with Gasteiger partial charge in [0.25, 0.3) is 0 Å². The minimum absolute atomic E-state index is 0.118. The number of amides is 1. The van der Waals surface area contributed by atoms with Crippen LogP contribution in [-0.4, -0.2) is 33.1 Å². The van der Waals surface area contributed by atoms with E-state index in [2.05, 4.69) is 15.5 Å². The third-order valence-corrected chi connectivity index (χ3v) is 5.37. The van der Waals surface area contributed by atoms with E-state index in [0.717, 1.165) is 28.1 Å². The second kappa shape index (κ2) is 8.35. The molecule has 7 nitrogen and oxygen atoms in total. The molecule has 0 radical (unpaired) electrons. The number of methoxy groups -OCH3 is 1. The van der Waals surface area contributed by atoms with Crippen molar-refractivity contribution in [3.63, 3.8) is 0 Å². The molecule has 8 heteroatoms. The van der Waals surface area contributed by atoms with Crippen molar-refractivity contribution in [1.82, 2.24) is 14.9 Å². The number of carbonyl (C=O) groups excluding carboxylic acids is 1. The topological polar surface area (TPSA) is 95.1 Å². The first-order chi connectivity index (χ1) is 13.4. The number of nitrogens with one attached hydrogen (secondary N) is 1. The number of nitrogens with two attached hydrogens (primary N) is 1. The smallest absolute Gasteiger partial charge is 0.237 e. The summed E-state index contributed by atoms with van der Waals surface area (Å²) in [6.07, 6.45) is 0. The molecular formula is C20H23N5O2S. The zero-order valence-electron chi connectivity index (χ0n) is 16.3. The summed E-state index contributed by atoms with van der Waals surface area (Å²) in [5.74, 6) is 7.31. The zero-order valence-corrected chi connectivity index (χ0v) is 17.1. The van der Waals surface area contributed by atoms with Gasteiger partial charge in [0, 0.05) is 11.3 Å². The van der Waals surface area contributed by atoms with Gasteiger partial charge in [-0.3, -0.25) is 4.79 Å². The highest BCUT2D eigenvalue weighted by molar-refractivity contribution is 8.00. The molecule has 3 aromatic rings. The predicted molar refractivity (Wildman–Crippen MR) is 112 cm³/mol. The number of rotatable bonds is 6. The first-order valence-corrected chi connectivity index (χ1v) is 9.66. The van der Waals surface area contributed by atoms with Crippen LogP contribution in [0.15, 0.2) is 47.6 Å². The van der Waals surface area contributed by atoms with E-state index >= 15 is 0 Å². The molecule has 3 rings (SSSR count). The lowest BCUT2D eigenvalue weighted by Gasteiger charge is -2.13. The number of hydrogen-bond acceptors (Lipinski definition) is 6. The quantitative estimate of drug-likeness (QED) is 0.489. The molecule has 3 N–H and O–H groups in total. The van der Waals surface area contributed by atoms with E-state index < -0.39 is 5.25 Å². The van der Waals surface area contributed by atoms with Gasteiger partial charge in [-0.1, -0.05) is 23.9 Å². The van der Waals surface area contributed by atoms with Gasteiger partial charge in [-0.2, -0.15) is 0 Å². The van der Waals surface area contributed by atoms with E-state index in [1.165, 1.54) is 16.4 Å². The minimum Gasteiger partial charge on any atom is -0.497 e. The molecule has 0 bridgehead atoms. The largest absolute Gasteiger partial charge is 0.497 e. The van der Waals surface area contributed by atoms with Crippen molar-refractivity contribution in [3.8, 4) is 17.1 Å². The fraction of sp³-hybridized carbons (Fsp3) is 0.250. The van der Waals surface area contributed by atoms with Crippen molar-refractivity contribution < 1.29 is 9.53 Å². The van der Waals surface area contributed by atoms with Crippen molar-refractivity contribution in [2.45, 2.75) is 31.2 Å². The average molecular weight is 398 g/mol. The highest BCUT2D eigenvalue weighted by Crippen LogP contribution is 2.27. The Kier molecular flexibility index (Phi) is 5.89. The third-order valence-electron chi connectivity index (χ3n) is 4.32. The lowest BCUT2D eigenvalue weighted by Crippen LogP contribution is -2.24. The summed E-state index contributed by atoms with van der Waals surface area (Å²) in [5.41, 5.74) is 3.73. The van der Waals surface area contributed by atoms with Gasteiger partial charge in [-0.05, 0) is 62.2 Å². The molecule has 0 aliphatic carbocycles.